The standard InChI is InChI=1S/C18H18ClNO4S/c1-23-18(22)10-24-16-7-5-15(6-8-16)20-17(21)12-25-11-13-3-2-4-14(19)9-13/h2-9H,10-12H2,1H3,(H,20,21). The quantitative estimate of drug-likeness (QED) is 0.707. The van der Waals surface area contributed by atoms with Crippen LogP contribution in [0, 0.1) is 0 Å². The van der Waals surface area contributed by atoms with Gasteiger partial charge >= 0.3 is 5.97 Å². The minimum absolute atomic E-state index is 0.0877. The molecule has 0 aliphatic heterocycles. The number of methoxy groups -OCH3 is 1. The van der Waals surface area contributed by atoms with E-state index in [1.165, 1.54) is 18.9 Å². The van der Waals surface area contributed by atoms with Crippen LogP contribution in [-0.2, 0) is 20.1 Å². The summed E-state index contributed by atoms with van der Waals surface area (Å²) in [6, 6.07) is 14.4. The van der Waals surface area contributed by atoms with E-state index < -0.39 is 5.97 Å². The van der Waals surface area contributed by atoms with Crippen LogP contribution in [0.5, 0.6) is 5.75 Å². The molecule has 0 saturated carbocycles. The van der Waals surface area contributed by atoms with E-state index in [1.807, 2.05) is 24.3 Å². The molecule has 2 rings (SSSR count). The van der Waals surface area contributed by atoms with Crippen molar-refractivity contribution in [2.45, 2.75) is 5.75 Å². The molecule has 0 saturated heterocycles. The van der Waals surface area contributed by atoms with Gasteiger partial charge in [-0.05, 0) is 42.0 Å². The number of esters is 1. The molecule has 132 valence electrons. The Morgan fingerprint density at radius 1 is 1.16 bits per heavy atom. The van der Waals surface area contributed by atoms with Gasteiger partial charge in [0, 0.05) is 16.5 Å². The summed E-state index contributed by atoms with van der Waals surface area (Å²) < 4.78 is 9.73. The molecule has 0 atom stereocenters. The fourth-order valence-electron chi connectivity index (χ4n) is 1.92. The van der Waals surface area contributed by atoms with E-state index in [0.29, 0.717) is 28.0 Å². The van der Waals surface area contributed by atoms with Gasteiger partial charge in [0.05, 0.1) is 12.9 Å². The second-order valence-electron chi connectivity index (χ2n) is 5.06. The van der Waals surface area contributed by atoms with Gasteiger partial charge < -0.3 is 14.8 Å². The lowest BCUT2D eigenvalue weighted by Gasteiger charge is -2.08. The number of amides is 1. The molecule has 7 heteroatoms. The second-order valence-corrected chi connectivity index (χ2v) is 6.48. The Morgan fingerprint density at radius 3 is 2.60 bits per heavy atom. The van der Waals surface area contributed by atoms with Crippen molar-refractivity contribution in [3.05, 3.63) is 59.1 Å². The van der Waals surface area contributed by atoms with Gasteiger partial charge in [-0.2, -0.15) is 0 Å². The number of nitrogens with one attached hydrogen (secondary N) is 1. The maximum Gasteiger partial charge on any atom is 0.343 e. The second kappa shape index (κ2) is 9.96. The minimum Gasteiger partial charge on any atom is -0.482 e. The summed E-state index contributed by atoms with van der Waals surface area (Å²) >= 11 is 7.44. The normalized spacial score (nSPS) is 10.2. The molecule has 1 amide bonds. The van der Waals surface area contributed by atoms with Crippen molar-refractivity contribution in [3.8, 4) is 5.75 Å². The highest BCUT2D eigenvalue weighted by Gasteiger charge is 2.05. The predicted molar refractivity (Wildman–Crippen MR) is 100 cm³/mol. The van der Waals surface area contributed by atoms with Crippen molar-refractivity contribution in [2.24, 2.45) is 0 Å². The van der Waals surface area contributed by atoms with Crippen molar-refractivity contribution in [3.63, 3.8) is 0 Å². The van der Waals surface area contributed by atoms with E-state index in [0.717, 1.165) is 5.56 Å². The Kier molecular flexibility index (Phi) is 7.63. The number of hydrogen-bond acceptors (Lipinski definition) is 5. The first-order valence-electron chi connectivity index (χ1n) is 7.48. The van der Waals surface area contributed by atoms with Crippen LogP contribution in [0.1, 0.15) is 5.56 Å². The zero-order chi connectivity index (χ0) is 18.1. The summed E-state index contributed by atoms with van der Waals surface area (Å²) in [5.74, 6) is 1.05. The molecule has 0 bridgehead atoms. The van der Waals surface area contributed by atoms with Crippen LogP contribution < -0.4 is 10.1 Å². The Bertz CT molecular complexity index is 721. The van der Waals surface area contributed by atoms with Gasteiger partial charge in [0.2, 0.25) is 5.91 Å². The molecule has 2 aromatic rings. The van der Waals surface area contributed by atoms with Crippen LogP contribution in [0.2, 0.25) is 5.02 Å². The smallest absolute Gasteiger partial charge is 0.343 e. The minimum atomic E-state index is -0.450. The summed E-state index contributed by atoms with van der Waals surface area (Å²) in [5.41, 5.74) is 1.75. The van der Waals surface area contributed by atoms with Gasteiger partial charge in [0.25, 0.3) is 0 Å². The number of benzene rings is 2. The third kappa shape index (κ3) is 7.07. The first-order chi connectivity index (χ1) is 12.1. The van der Waals surface area contributed by atoms with Gasteiger partial charge in [-0.1, -0.05) is 23.7 Å². The van der Waals surface area contributed by atoms with Crippen LogP contribution in [0.4, 0.5) is 5.69 Å². The molecule has 0 aliphatic carbocycles. The van der Waals surface area contributed by atoms with E-state index in [1.54, 1.807) is 24.3 Å². The average molecular weight is 380 g/mol. The van der Waals surface area contributed by atoms with Crippen molar-refractivity contribution in [1.29, 1.82) is 0 Å². The molecule has 1 N–H and O–H groups in total. The Labute approximate surface area is 155 Å². The topological polar surface area (TPSA) is 64.6 Å². The zero-order valence-corrected chi connectivity index (χ0v) is 15.2. The molecule has 2 aromatic carbocycles. The van der Waals surface area contributed by atoms with E-state index in [9.17, 15) is 9.59 Å². The third-order valence-corrected chi connectivity index (χ3v) is 4.35. The van der Waals surface area contributed by atoms with E-state index in [-0.39, 0.29) is 12.5 Å². The average Bonchev–Trinajstić information content (AvgIpc) is 2.61. The zero-order valence-electron chi connectivity index (χ0n) is 13.7. The number of thioether (sulfide) groups is 1. The van der Waals surface area contributed by atoms with Crippen molar-refractivity contribution < 1.29 is 19.1 Å². The summed E-state index contributed by atoms with van der Waals surface area (Å²) in [6.45, 7) is -0.150. The van der Waals surface area contributed by atoms with Gasteiger partial charge in [-0.3, -0.25) is 4.79 Å². The highest BCUT2D eigenvalue weighted by atomic mass is 35.5. The van der Waals surface area contributed by atoms with Crippen LogP contribution in [0.3, 0.4) is 0 Å². The molecule has 0 heterocycles. The molecule has 0 aromatic heterocycles. The maximum absolute atomic E-state index is 12.0. The Balaban J connectivity index is 1.73. The summed E-state index contributed by atoms with van der Waals surface area (Å²) in [7, 11) is 1.30. The number of carbonyl (C=O) groups excluding carboxylic acids is 2. The third-order valence-electron chi connectivity index (χ3n) is 3.11. The molecule has 0 unspecified atom stereocenters. The molecular weight excluding hydrogens is 362 g/mol. The number of anilines is 1. The summed E-state index contributed by atoms with van der Waals surface area (Å²) in [5, 5.41) is 3.50. The largest absolute Gasteiger partial charge is 0.482 e. The first kappa shape index (κ1) is 19.1. The number of rotatable bonds is 8. The predicted octanol–water partition coefficient (Wildman–Crippen LogP) is 3.76. The van der Waals surface area contributed by atoms with Crippen molar-refractivity contribution >= 4 is 40.9 Å². The van der Waals surface area contributed by atoms with E-state index >= 15 is 0 Å². The first-order valence-corrected chi connectivity index (χ1v) is 9.02. The van der Waals surface area contributed by atoms with Gasteiger partial charge in [-0.15, -0.1) is 11.8 Å². The SMILES string of the molecule is COC(=O)COc1ccc(NC(=O)CSCc2cccc(Cl)c2)cc1. The monoisotopic (exact) mass is 379 g/mol. The Morgan fingerprint density at radius 2 is 1.92 bits per heavy atom. The van der Waals surface area contributed by atoms with Gasteiger partial charge in [0.1, 0.15) is 5.75 Å². The van der Waals surface area contributed by atoms with E-state index in [4.69, 9.17) is 16.3 Å². The molecule has 0 radical (unpaired) electrons. The fraction of sp³-hybridized carbons (Fsp3) is 0.222. The van der Waals surface area contributed by atoms with Crippen LogP contribution >= 0.6 is 23.4 Å². The number of halogens is 1. The maximum atomic E-state index is 12.0. The van der Waals surface area contributed by atoms with Crippen LogP contribution in [0.25, 0.3) is 0 Å². The number of ether oxygens (including phenoxy) is 2. The fourth-order valence-corrected chi connectivity index (χ4v) is 2.91. The highest BCUT2D eigenvalue weighted by Crippen LogP contribution is 2.18. The van der Waals surface area contributed by atoms with Crippen LogP contribution in [-0.4, -0.2) is 31.3 Å². The van der Waals surface area contributed by atoms with Crippen molar-refractivity contribution in [2.75, 3.05) is 24.8 Å². The molecular formula is C18H18ClNO4S. The van der Waals surface area contributed by atoms with Crippen molar-refractivity contribution in [1.82, 2.24) is 0 Å². The Hall–Kier alpha value is -2.18. The lowest BCUT2D eigenvalue weighted by Crippen LogP contribution is -2.14. The lowest BCUT2D eigenvalue weighted by atomic mass is 10.2. The van der Waals surface area contributed by atoms with Gasteiger partial charge in [0.15, 0.2) is 6.61 Å². The summed E-state index contributed by atoms with van der Waals surface area (Å²) in [6.07, 6.45) is 0. The highest BCUT2D eigenvalue weighted by molar-refractivity contribution is 7.99. The van der Waals surface area contributed by atoms with Crippen LogP contribution in [0.15, 0.2) is 48.5 Å². The number of hydrogen-bond donors (Lipinski definition) is 1. The van der Waals surface area contributed by atoms with E-state index in [2.05, 4.69) is 10.1 Å². The molecule has 25 heavy (non-hydrogen) atoms. The summed E-state index contributed by atoms with van der Waals surface area (Å²) in [4.78, 5) is 23.0. The van der Waals surface area contributed by atoms with Gasteiger partial charge in [-0.25, -0.2) is 4.79 Å². The molecule has 5 nitrogen and oxygen atoms in total. The number of carbonyl (C=O) groups is 2. The molecule has 0 spiro atoms. The lowest BCUT2D eigenvalue weighted by molar-refractivity contribution is -0.142. The molecule has 0 fully saturated rings. The molecule has 0 aliphatic rings.